The lowest BCUT2D eigenvalue weighted by molar-refractivity contribution is 0.346. The summed E-state index contributed by atoms with van der Waals surface area (Å²) >= 11 is 0. The van der Waals surface area contributed by atoms with Gasteiger partial charge in [-0.1, -0.05) is 38.1 Å². The molecule has 1 aromatic carbocycles. The van der Waals surface area contributed by atoms with E-state index >= 15 is 0 Å². The van der Waals surface area contributed by atoms with Gasteiger partial charge in [-0.25, -0.2) is 0 Å². The third kappa shape index (κ3) is 2.68. The van der Waals surface area contributed by atoms with E-state index in [9.17, 15) is 5.26 Å². The summed E-state index contributed by atoms with van der Waals surface area (Å²) in [7, 11) is 0. The lowest BCUT2D eigenvalue weighted by atomic mass is 9.78. The highest BCUT2D eigenvalue weighted by atomic mass is 15.0. The molecule has 0 saturated carbocycles. The highest BCUT2D eigenvalue weighted by molar-refractivity contribution is 5.34. The number of rotatable bonds is 3. The Morgan fingerprint density at radius 1 is 1.35 bits per heavy atom. The Bertz CT molecular complexity index is 431. The van der Waals surface area contributed by atoms with E-state index in [1.807, 2.05) is 0 Å². The van der Waals surface area contributed by atoms with Crippen molar-refractivity contribution in [3.05, 3.63) is 35.4 Å². The average molecular weight is 228 g/mol. The number of aryl methyl sites for hydroxylation is 1. The van der Waals surface area contributed by atoms with Crippen LogP contribution in [0.4, 0.5) is 0 Å². The topological polar surface area (TPSA) is 35.8 Å². The van der Waals surface area contributed by atoms with Gasteiger partial charge in [0, 0.05) is 6.42 Å². The number of fused-ring (bicyclic) bond motifs is 1. The van der Waals surface area contributed by atoms with Gasteiger partial charge in [0.15, 0.2) is 0 Å². The van der Waals surface area contributed by atoms with Gasteiger partial charge < -0.3 is 0 Å². The summed E-state index contributed by atoms with van der Waals surface area (Å²) in [4.78, 5) is 0. The molecule has 0 amide bonds. The smallest absolute Gasteiger partial charge is 0.111 e. The summed E-state index contributed by atoms with van der Waals surface area (Å²) in [6, 6.07) is 11.0. The molecule has 1 aromatic rings. The fourth-order valence-electron chi connectivity index (χ4n) is 2.42. The summed E-state index contributed by atoms with van der Waals surface area (Å²) < 4.78 is 0. The molecule has 0 fully saturated rings. The van der Waals surface area contributed by atoms with Gasteiger partial charge in [-0.05, 0) is 36.4 Å². The van der Waals surface area contributed by atoms with Gasteiger partial charge in [-0.15, -0.1) is 0 Å². The van der Waals surface area contributed by atoms with E-state index in [0.29, 0.717) is 5.92 Å². The van der Waals surface area contributed by atoms with E-state index in [-0.39, 0.29) is 5.54 Å². The Kier molecular flexibility index (Phi) is 3.49. The van der Waals surface area contributed by atoms with Crippen LogP contribution in [0.25, 0.3) is 0 Å². The quantitative estimate of drug-likeness (QED) is 0.863. The zero-order valence-corrected chi connectivity index (χ0v) is 10.7. The standard InChI is InChI=1S/C15H20N2/c1-12(2)10-17-15(11-16)8-7-13-5-3-4-6-14(13)9-15/h3-6,12,17H,7-10H2,1-2H3. The van der Waals surface area contributed by atoms with Crippen LogP contribution >= 0.6 is 0 Å². The Hall–Kier alpha value is -1.33. The third-order valence-corrected chi connectivity index (χ3v) is 3.49. The minimum Gasteiger partial charge on any atom is -0.299 e. The number of benzene rings is 1. The van der Waals surface area contributed by atoms with Gasteiger partial charge in [0.2, 0.25) is 0 Å². The second-order valence-corrected chi connectivity index (χ2v) is 5.41. The monoisotopic (exact) mass is 228 g/mol. The molecule has 2 nitrogen and oxygen atoms in total. The van der Waals surface area contributed by atoms with Crippen LogP contribution in [0.5, 0.6) is 0 Å². The molecule has 1 aliphatic carbocycles. The van der Waals surface area contributed by atoms with Crippen molar-refractivity contribution in [3.8, 4) is 6.07 Å². The molecule has 0 heterocycles. The van der Waals surface area contributed by atoms with Crippen molar-refractivity contribution in [2.24, 2.45) is 5.92 Å². The van der Waals surface area contributed by atoms with E-state index in [4.69, 9.17) is 0 Å². The molecule has 0 saturated heterocycles. The number of nitrogens with zero attached hydrogens (tertiary/aromatic N) is 1. The highest BCUT2D eigenvalue weighted by Crippen LogP contribution is 2.28. The molecular weight excluding hydrogens is 208 g/mol. The number of nitriles is 1. The molecule has 2 rings (SSSR count). The fraction of sp³-hybridized carbons (Fsp3) is 0.533. The Labute approximate surface area is 104 Å². The maximum absolute atomic E-state index is 9.47. The summed E-state index contributed by atoms with van der Waals surface area (Å²) in [6.07, 6.45) is 2.77. The molecule has 17 heavy (non-hydrogen) atoms. The maximum Gasteiger partial charge on any atom is 0.111 e. The molecule has 0 radical (unpaired) electrons. The normalized spacial score (nSPS) is 23.2. The van der Waals surface area contributed by atoms with Gasteiger partial charge in [0.1, 0.15) is 5.54 Å². The zero-order chi connectivity index (χ0) is 12.3. The van der Waals surface area contributed by atoms with Crippen molar-refractivity contribution >= 4 is 0 Å². The average Bonchev–Trinajstić information content (AvgIpc) is 2.36. The van der Waals surface area contributed by atoms with Crippen molar-refractivity contribution in [3.63, 3.8) is 0 Å². The Morgan fingerprint density at radius 3 is 2.71 bits per heavy atom. The van der Waals surface area contributed by atoms with Gasteiger partial charge >= 0.3 is 0 Å². The molecule has 0 bridgehead atoms. The zero-order valence-electron chi connectivity index (χ0n) is 10.7. The summed E-state index contributed by atoms with van der Waals surface area (Å²) in [5.74, 6) is 0.581. The van der Waals surface area contributed by atoms with Crippen molar-refractivity contribution in [1.29, 1.82) is 5.26 Å². The predicted molar refractivity (Wildman–Crippen MR) is 69.7 cm³/mol. The minimum atomic E-state index is -0.349. The van der Waals surface area contributed by atoms with Gasteiger partial charge in [-0.3, -0.25) is 5.32 Å². The lowest BCUT2D eigenvalue weighted by Gasteiger charge is -2.33. The fourth-order valence-corrected chi connectivity index (χ4v) is 2.42. The van der Waals surface area contributed by atoms with Crippen molar-refractivity contribution < 1.29 is 0 Å². The Balaban J connectivity index is 2.15. The number of nitrogens with one attached hydrogen (secondary N) is 1. The molecule has 2 heteroatoms. The maximum atomic E-state index is 9.47. The molecule has 1 atom stereocenters. The number of hydrogen-bond donors (Lipinski definition) is 1. The molecule has 0 aromatic heterocycles. The van der Waals surface area contributed by atoms with Crippen molar-refractivity contribution in [2.45, 2.75) is 38.6 Å². The summed E-state index contributed by atoms with van der Waals surface area (Å²) in [5, 5.41) is 12.9. The van der Waals surface area contributed by atoms with Gasteiger partial charge in [-0.2, -0.15) is 5.26 Å². The first-order valence-corrected chi connectivity index (χ1v) is 6.38. The van der Waals surface area contributed by atoms with Crippen molar-refractivity contribution in [1.82, 2.24) is 5.32 Å². The van der Waals surface area contributed by atoms with Crippen LogP contribution in [0.15, 0.2) is 24.3 Å². The highest BCUT2D eigenvalue weighted by Gasteiger charge is 2.33. The molecular formula is C15H20N2. The molecule has 90 valence electrons. The van der Waals surface area contributed by atoms with Crippen LogP contribution in [-0.2, 0) is 12.8 Å². The van der Waals surface area contributed by atoms with E-state index in [1.54, 1.807) is 0 Å². The first-order chi connectivity index (χ1) is 8.15. The first-order valence-electron chi connectivity index (χ1n) is 6.38. The van der Waals surface area contributed by atoms with Crippen LogP contribution in [0.3, 0.4) is 0 Å². The molecule has 0 spiro atoms. The van der Waals surface area contributed by atoms with E-state index in [2.05, 4.69) is 49.5 Å². The van der Waals surface area contributed by atoms with Crippen LogP contribution in [0.2, 0.25) is 0 Å². The van der Waals surface area contributed by atoms with Gasteiger partial charge in [0.05, 0.1) is 6.07 Å². The Morgan fingerprint density at radius 2 is 2.06 bits per heavy atom. The van der Waals surface area contributed by atoms with E-state index < -0.39 is 0 Å². The first kappa shape index (κ1) is 12.1. The van der Waals surface area contributed by atoms with E-state index in [0.717, 1.165) is 25.8 Å². The minimum absolute atomic E-state index is 0.349. The predicted octanol–water partition coefficient (Wildman–Crippen LogP) is 2.68. The molecule has 1 N–H and O–H groups in total. The second-order valence-electron chi connectivity index (χ2n) is 5.41. The summed E-state index contributed by atoms with van der Waals surface area (Å²) in [5.41, 5.74) is 2.39. The third-order valence-electron chi connectivity index (χ3n) is 3.49. The van der Waals surface area contributed by atoms with Crippen LogP contribution in [-0.4, -0.2) is 12.1 Å². The molecule has 0 aliphatic heterocycles. The van der Waals surface area contributed by atoms with Crippen molar-refractivity contribution in [2.75, 3.05) is 6.54 Å². The largest absolute Gasteiger partial charge is 0.299 e. The van der Waals surface area contributed by atoms with Crippen LogP contribution in [0, 0.1) is 17.2 Å². The molecule has 1 aliphatic rings. The van der Waals surface area contributed by atoms with Gasteiger partial charge in [0.25, 0.3) is 0 Å². The van der Waals surface area contributed by atoms with E-state index in [1.165, 1.54) is 11.1 Å². The van der Waals surface area contributed by atoms with Crippen LogP contribution in [0.1, 0.15) is 31.4 Å². The lowest BCUT2D eigenvalue weighted by Crippen LogP contribution is -2.49. The summed E-state index contributed by atoms with van der Waals surface area (Å²) in [6.45, 7) is 5.26. The number of hydrogen-bond acceptors (Lipinski definition) is 2. The van der Waals surface area contributed by atoms with Crippen LogP contribution < -0.4 is 5.32 Å². The second kappa shape index (κ2) is 4.89. The molecule has 1 unspecified atom stereocenters. The SMILES string of the molecule is CC(C)CNC1(C#N)CCc2ccccc2C1.